The number of carbonyl (C=O) groups is 3. The molecule has 28 heavy (non-hydrogen) atoms. The van der Waals surface area contributed by atoms with Crippen molar-refractivity contribution in [3.63, 3.8) is 0 Å². The molecule has 0 bridgehead atoms. The second-order valence-electron chi connectivity index (χ2n) is 6.10. The molecular weight excluding hydrogens is 387 g/mol. The number of amides is 2. The Hall–Kier alpha value is -2.93. The van der Waals surface area contributed by atoms with Crippen LogP contribution in [0.25, 0.3) is 0 Å². The van der Waals surface area contributed by atoms with E-state index in [1.54, 1.807) is 0 Å². The van der Waals surface area contributed by atoms with E-state index in [0.717, 1.165) is 18.6 Å². The number of nitrogens with one attached hydrogen (secondary N) is 2. The fourth-order valence-electron chi connectivity index (χ4n) is 2.22. The first-order chi connectivity index (χ1) is 13.3. The van der Waals surface area contributed by atoms with Gasteiger partial charge in [0.25, 0.3) is 11.8 Å². The number of hydrogen-bond donors (Lipinski definition) is 2. The summed E-state index contributed by atoms with van der Waals surface area (Å²) >= 11 is 5.96. The summed E-state index contributed by atoms with van der Waals surface area (Å²) in [5.41, 5.74) is 0.360. The predicted octanol–water partition coefficient (Wildman–Crippen LogP) is 3.80. The Labute approximate surface area is 167 Å². The monoisotopic (exact) mass is 406 g/mol. The Kier molecular flexibility index (Phi) is 7.52. The average molecular weight is 407 g/mol. The second kappa shape index (κ2) is 9.85. The van der Waals surface area contributed by atoms with Crippen molar-refractivity contribution in [3.05, 3.63) is 64.4 Å². The van der Waals surface area contributed by atoms with Crippen LogP contribution in [0.3, 0.4) is 0 Å². The van der Waals surface area contributed by atoms with Crippen LogP contribution in [0.1, 0.15) is 41.0 Å². The lowest BCUT2D eigenvalue weighted by atomic mass is 10.1. The number of carbonyl (C=O) groups excluding carboxylic acids is 3. The van der Waals surface area contributed by atoms with Crippen LogP contribution in [0.2, 0.25) is 5.02 Å². The largest absolute Gasteiger partial charge is 0.452 e. The van der Waals surface area contributed by atoms with Crippen molar-refractivity contribution in [2.45, 2.75) is 26.3 Å². The minimum Gasteiger partial charge on any atom is -0.452 e. The Morgan fingerprint density at radius 3 is 2.46 bits per heavy atom. The SMILES string of the molecule is CC[C@@H](C)NC(=O)COC(=O)c1ccc(Cl)cc1NC(=O)c1ccc(F)cc1. The molecule has 0 saturated heterocycles. The molecule has 2 N–H and O–H groups in total. The molecule has 0 radical (unpaired) electrons. The number of rotatable bonds is 7. The van der Waals surface area contributed by atoms with E-state index in [9.17, 15) is 18.8 Å². The van der Waals surface area contributed by atoms with Gasteiger partial charge in [0.15, 0.2) is 6.61 Å². The molecule has 2 aromatic rings. The van der Waals surface area contributed by atoms with Crippen molar-refractivity contribution >= 4 is 35.1 Å². The molecule has 148 valence electrons. The van der Waals surface area contributed by atoms with Crippen molar-refractivity contribution < 1.29 is 23.5 Å². The van der Waals surface area contributed by atoms with E-state index in [-0.39, 0.29) is 22.9 Å². The van der Waals surface area contributed by atoms with Crippen LogP contribution in [0, 0.1) is 5.82 Å². The topological polar surface area (TPSA) is 84.5 Å². The molecule has 0 unspecified atom stereocenters. The first-order valence-corrected chi connectivity index (χ1v) is 9.01. The molecule has 2 amide bonds. The summed E-state index contributed by atoms with van der Waals surface area (Å²) in [6, 6.07) is 9.13. The van der Waals surface area contributed by atoms with Crippen molar-refractivity contribution in [1.29, 1.82) is 0 Å². The molecule has 0 aliphatic heterocycles. The van der Waals surface area contributed by atoms with E-state index in [4.69, 9.17) is 16.3 Å². The van der Waals surface area contributed by atoms with Crippen molar-refractivity contribution in [2.75, 3.05) is 11.9 Å². The Morgan fingerprint density at radius 2 is 1.82 bits per heavy atom. The Balaban J connectivity index is 2.10. The summed E-state index contributed by atoms with van der Waals surface area (Å²) in [4.78, 5) is 36.5. The zero-order valence-electron chi connectivity index (χ0n) is 15.4. The van der Waals surface area contributed by atoms with Crippen LogP contribution in [-0.4, -0.2) is 30.4 Å². The van der Waals surface area contributed by atoms with Gasteiger partial charge in [-0.2, -0.15) is 0 Å². The van der Waals surface area contributed by atoms with Crippen molar-refractivity contribution in [3.8, 4) is 0 Å². The molecule has 1 atom stereocenters. The van der Waals surface area contributed by atoms with Gasteiger partial charge in [0, 0.05) is 16.6 Å². The summed E-state index contributed by atoms with van der Waals surface area (Å²) in [6.45, 7) is 3.31. The van der Waals surface area contributed by atoms with E-state index in [1.807, 2.05) is 13.8 Å². The summed E-state index contributed by atoms with van der Waals surface area (Å²) < 4.78 is 18.0. The molecule has 2 aromatic carbocycles. The zero-order valence-corrected chi connectivity index (χ0v) is 16.2. The first-order valence-electron chi connectivity index (χ1n) is 8.63. The maximum Gasteiger partial charge on any atom is 0.340 e. The van der Waals surface area contributed by atoms with Gasteiger partial charge in [-0.3, -0.25) is 9.59 Å². The number of ether oxygens (including phenoxy) is 1. The van der Waals surface area contributed by atoms with Gasteiger partial charge in [-0.05, 0) is 55.8 Å². The molecular formula is C20H20ClFN2O4. The normalized spacial score (nSPS) is 11.4. The molecule has 0 spiro atoms. The van der Waals surface area contributed by atoms with Gasteiger partial charge in [-0.15, -0.1) is 0 Å². The van der Waals surface area contributed by atoms with Gasteiger partial charge in [-0.1, -0.05) is 18.5 Å². The number of benzene rings is 2. The molecule has 2 rings (SSSR count). The van der Waals surface area contributed by atoms with Crippen LogP contribution in [0.15, 0.2) is 42.5 Å². The molecule has 8 heteroatoms. The van der Waals surface area contributed by atoms with Gasteiger partial charge in [0.2, 0.25) is 0 Å². The van der Waals surface area contributed by atoms with Gasteiger partial charge in [-0.25, -0.2) is 9.18 Å². The van der Waals surface area contributed by atoms with E-state index in [1.165, 1.54) is 30.3 Å². The number of hydrogen-bond acceptors (Lipinski definition) is 4. The summed E-state index contributed by atoms with van der Waals surface area (Å²) in [5.74, 6) is -2.23. The molecule has 0 saturated carbocycles. The van der Waals surface area contributed by atoms with Crippen LogP contribution in [0.4, 0.5) is 10.1 Å². The van der Waals surface area contributed by atoms with Gasteiger partial charge in [0.05, 0.1) is 11.3 Å². The molecule has 0 aliphatic rings. The predicted molar refractivity (Wildman–Crippen MR) is 104 cm³/mol. The van der Waals surface area contributed by atoms with Crippen LogP contribution in [0.5, 0.6) is 0 Å². The molecule has 0 heterocycles. The fraction of sp³-hybridized carbons (Fsp3) is 0.250. The third-order valence-corrected chi connectivity index (χ3v) is 4.15. The maximum absolute atomic E-state index is 13.0. The Morgan fingerprint density at radius 1 is 1.14 bits per heavy atom. The number of halogens is 2. The van der Waals surface area contributed by atoms with E-state index in [2.05, 4.69) is 10.6 Å². The lowest BCUT2D eigenvalue weighted by molar-refractivity contribution is -0.124. The fourth-order valence-corrected chi connectivity index (χ4v) is 2.39. The lowest BCUT2D eigenvalue weighted by Crippen LogP contribution is -2.35. The first kappa shape index (κ1) is 21.4. The summed E-state index contributed by atoms with van der Waals surface area (Å²) in [5, 5.41) is 5.52. The van der Waals surface area contributed by atoms with E-state index in [0.29, 0.717) is 5.02 Å². The molecule has 0 aliphatic carbocycles. The second-order valence-corrected chi connectivity index (χ2v) is 6.54. The standard InChI is InChI=1S/C20H20ClFN2O4/c1-3-12(2)23-18(25)11-28-20(27)16-9-6-14(21)10-17(16)24-19(26)13-4-7-15(22)8-5-13/h4-10,12H,3,11H2,1-2H3,(H,23,25)(H,24,26)/t12-/m1/s1. The molecule has 0 fully saturated rings. The number of esters is 1. The minimum absolute atomic E-state index is 0.0349. The summed E-state index contributed by atoms with van der Waals surface area (Å²) in [7, 11) is 0. The smallest absolute Gasteiger partial charge is 0.340 e. The van der Waals surface area contributed by atoms with Gasteiger partial charge < -0.3 is 15.4 Å². The van der Waals surface area contributed by atoms with Crippen molar-refractivity contribution in [2.24, 2.45) is 0 Å². The molecule has 0 aromatic heterocycles. The van der Waals surface area contributed by atoms with E-state index >= 15 is 0 Å². The minimum atomic E-state index is -0.787. The van der Waals surface area contributed by atoms with Crippen LogP contribution >= 0.6 is 11.6 Å². The Bertz CT molecular complexity index is 871. The third-order valence-electron chi connectivity index (χ3n) is 3.91. The third kappa shape index (κ3) is 6.06. The number of anilines is 1. The van der Waals surface area contributed by atoms with E-state index < -0.39 is 30.2 Å². The van der Waals surface area contributed by atoms with Gasteiger partial charge in [0.1, 0.15) is 5.82 Å². The van der Waals surface area contributed by atoms with Crippen LogP contribution < -0.4 is 10.6 Å². The highest BCUT2D eigenvalue weighted by Crippen LogP contribution is 2.23. The quantitative estimate of drug-likeness (QED) is 0.685. The maximum atomic E-state index is 13.0. The summed E-state index contributed by atoms with van der Waals surface area (Å²) in [6.07, 6.45) is 0.746. The van der Waals surface area contributed by atoms with Gasteiger partial charge >= 0.3 is 5.97 Å². The average Bonchev–Trinajstić information content (AvgIpc) is 2.66. The highest BCUT2D eigenvalue weighted by molar-refractivity contribution is 6.31. The zero-order chi connectivity index (χ0) is 20.7. The molecule has 6 nitrogen and oxygen atoms in total. The van der Waals surface area contributed by atoms with Crippen molar-refractivity contribution in [1.82, 2.24) is 5.32 Å². The van der Waals surface area contributed by atoms with Crippen LogP contribution in [-0.2, 0) is 9.53 Å². The lowest BCUT2D eigenvalue weighted by Gasteiger charge is -2.13. The highest BCUT2D eigenvalue weighted by Gasteiger charge is 2.18. The highest BCUT2D eigenvalue weighted by atomic mass is 35.5.